The van der Waals surface area contributed by atoms with Crippen LogP contribution < -0.4 is 0 Å². The Balaban J connectivity index is 2.44. The number of unbranched alkanes of at least 4 members (excludes halogenated alkanes) is 1. The highest BCUT2D eigenvalue weighted by Gasteiger charge is 2.39. The van der Waals surface area contributed by atoms with Crippen LogP contribution >= 0.6 is 0 Å². The molecule has 1 atom stereocenters. The summed E-state index contributed by atoms with van der Waals surface area (Å²) in [5, 5.41) is 0. The lowest BCUT2D eigenvalue weighted by atomic mass is 9.88. The van der Waals surface area contributed by atoms with Crippen molar-refractivity contribution in [1.82, 2.24) is 0 Å². The van der Waals surface area contributed by atoms with Gasteiger partial charge in [-0.1, -0.05) is 33.6 Å². The van der Waals surface area contributed by atoms with E-state index in [2.05, 4.69) is 20.8 Å². The van der Waals surface area contributed by atoms with Crippen molar-refractivity contribution >= 4 is 5.78 Å². The fourth-order valence-electron chi connectivity index (χ4n) is 2.07. The quantitative estimate of drug-likeness (QED) is 0.632. The maximum atomic E-state index is 11.7. The molecule has 70 valence electrons. The lowest BCUT2D eigenvalue weighted by molar-refractivity contribution is -0.127. The van der Waals surface area contributed by atoms with Crippen LogP contribution in [0.1, 0.15) is 52.9 Å². The summed E-state index contributed by atoms with van der Waals surface area (Å²) in [6.07, 6.45) is 5.78. The molecule has 0 aromatic rings. The van der Waals surface area contributed by atoms with E-state index < -0.39 is 0 Å². The third-order valence-electron chi connectivity index (χ3n) is 3.06. The van der Waals surface area contributed by atoms with Crippen LogP contribution in [0, 0.1) is 11.3 Å². The zero-order valence-corrected chi connectivity index (χ0v) is 8.52. The van der Waals surface area contributed by atoms with Crippen LogP contribution in [0.25, 0.3) is 0 Å². The summed E-state index contributed by atoms with van der Waals surface area (Å²) in [7, 11) is 0. The maximum absolute atomic E-state index is 11.7. The highest BCUT2D eigenvalue weighted by molar-refractivity contribution is 5.88. The van der Waals surface area contributed by atoms with Crippen molar-refractivity contribution in [3.63, 3.8) is 0 Å². The number of rotatable bonds is 3. The molecular formula is C11H20O. The maximum Gasteiger partial charge on any atom is 0.141 e. The van der Waals surface area contributed by atoms with Crippen LogP contribution in [-0.4, -0.2) is 5.78 Å². The average molecular weight is 168 g/mol. The number of ketones is 1. The van der Waals surface area contributed by atoms with Crippen molar-refractivity contribution < 1.29 is 4.79 Å². The Bertz CT molecular complexity index is 170. The lowest BCUT2D eigenvalue weighted by Crippen LogP contribution is -2.21. The Morgan fingerprint density at radius 1 is 1.50 bits per heavy atom. The van der Waals surface area contributed by atoms with Gasteiger partial charge in [-0.25, -0.2) is 0 Å². The second kappa shape index (κ2) is 3.59. The predicted molar refractivity (Wildman–Crippen MR) is 51.0 cm³/mol. The predicted octanol–water partition coefficient (Wildman–Crippen LogP) is 3.18. The van der Waals surface area contributed by atoms with Crippen LogP contribution in [-0.2, 0) is 4.79 Å². The van der Waals surface area contributed by atoms with Crippen LogP contribution in [0.3, 0.4) is 0 Å². The summed E-state index contributed by atoms with van der Waals surface area (Å²) < 4.78 is 0. The standard InChI is InChI=1S/C11H20O/c1-4-5-6-9-7-8-11(2,3)10(9)12/h9H,4-8H2,1-3H3. The summed E-state index contributed by atoms with van der Waals surface area (Å²) >= 11 is 0. The lowest BCUT2D eigenvalue weighted by Gasteiger charge is -2.15. The van der Waals surface area contributed by atoms with Gasteiger partial charge in [0.25, 0.3) is 0 Å². The summed E-state index contributed by atoms with van der Waals surface area (Å²) in [6.45, 7) is 6.35. The van der Waals surface area contributed by atoms with E-state index in [1.807, 2.05) is 0 Å². The average Bonchev–Trinajstić information content (AvgIpc) is 2.26. The highest BCUT2D eigenvalue weighted by Crippen LogP contribution is 2.39. The van der Waals surface area contributed by atoms with E-state index in [1.54, 1.807) is 0 Å². The zero-order valence-electron chi connectivity index (χ0n) is 8.52. The molecular weight excluding hydrogens is 148 g/mol. The number of carbonyl (C=O) groups excluding carboxylic acids is 1. The molecule has 0 radical (unpaired) electrons. The first kappa shape index (κ1) is 9.76. The fourth-order valence-corrected chi connectivity index (χ4v) is 2.07. The van der Waals surface area contributed by atoms with Gasteiger partial charge in [0.15, 0.2) is 0 Å². The first-order valence-corrected chi connectivity index (χ1v) is 5.12. The van der Waals surface area contributed by atoms with Crippen molar-refractivity contribution in [1.29, 1.82) is 0 Å². The van der Waals surface area contributed by atoms with Crippen LogP contribution in [0.15, 0.2) is 0 Å². The van der Waals surface area contributed by atoms with Crippen LogP contribution in [0.2, 0.25) is 0 Å². The van der Waals surface area contributed by atoms with Gasteiger partial charge in [0, 0.05) is 11.3 Å². The molecule has 0 bridgehead atoms. The van der Waals surface area contributed by atoms with E-state index in [-0.39, 0.29) is 5.41 Å². The second-order valence-electron chi connectivity index (χ2n) is 4.63. The molecule has 0 spiro atoms. The van der Waals surface area contributed by atoms with Crippen molar-refractivity contribution in [2.45, 2.75) is 52.9 Å². The van der Waals surface area contributed by atoms with E-state index in [4.69, 9.17) is 0 Å². The minimum absolute atomic E-state index is 0.0155. The van der Waals surface area contributed by atoms with Gasteiger partial charge in [-0.2, -0.15) is 0 Å². The van der Waals surface area contributed by atoms with Crippen molar-refractivity contribution in [2.24, 2.45) is 11.3 Å². The molecule has 1 unspecified atom stereocenters. The van der Waals surface area contributed by atoms with Crippen molar-refractivity contribution in [2.75, 3.05) is 0 Å². The van der Waals surface area contributed by atoms with Gasteiger partial charge in [-0.15, -0.1) is 0 Å². The van der Waals surface area contributed by atoms with E-state index in [1.165, 1.54) is 12.8 Å². The van der Waals surface area contributed by atoms with Gasteiger partial charge in [0.1, 0.15) is 5.78 Å². The molecule has 1 heteroatoms. The highest BCUT2D eigenvalue weighted by atomic mass is 16.1. The van der Waals surface area contributed by atoms with Crippen molar-refractivity contribution in [3.05, 3.63) is 0 Å². The molecule has 1 saturated carbocycles. The summed E-state index contributed by atoms with van der Waals surface area (Å²) in [5.41, 5.74) is -0.0155. The Kier molecular flexibility index (Phi) is 2.92. The molecule has 12 heavy (non-hydrogen) atoms. The third kappa shape index (κ3) is 1.88. The Labute approximate surface area is 75.5 Å². The van der Waals surface area contributed by atoms with E-state index >= 15 is 0 Å². The topological polar surface area (TPSA) is 17.1 Å². The van der Waals surface area contributed by atoms with E-state index in [9.17, 15) is 4.79 Å². The van der Waals surface area contributed by atoms with Gasteiger partial charge >= 0.3 is 0 Å². The van der Waals surface area contributed by atoms with Crippen molar-refractivity contribution in [3.8, 4) is 0 Å². The van der Waals surface area contributed by atoms with Gasteiger partial charge < -0.3 is 0 Å². The third-order valence-corrected chi connectivity index (χ3v) is 3.06. The first-order valence-electron chi connectivity index (χ1n) is 5.12. The summed E-state index contributed by atoms with van der Waals surface area (Å²) in [6, 6.07) is 0. The molecule has 0 aromatic heterocycles. The molecule has 0 amide bonds. The smallest absolute Gasteiger partial charge is 0.141 e. The van der Waals surface area contributed by atoms with E-state index in [0.29, 0.717) is 11.7 Å². The Hall–Kier alpha value is -0.330. The largest absolute Gasteiger partial charge is 0.299 e. The Morgan fingerprint density at radius 2 is 2.17 bits per heavy atom. The molecule has 0 heterocycles. The van der Waals surface area contributed by atoms with E-state index in [0.717, 1.165) is 19.3 Å². The van der Waals surface area contributed by atoms with Gasteiger partial charge in [0.2, 0.25) is 0 Å². The fraction of sp³-hybridized carbons (Fsp3) is 0.909. The molecule has 1 fully saturated rings. The molecule has 1 aliphatic rings. The van der Waals surface area contributed by atoms with Gasteiger partial charge in [-0.3, -0.25) is 4.79 Å². The molecule has 0 aliphatic heterocycles. The molecule has 1 rings (SSSR count). The minimum Gasteiger partial charge on any atom is -0.299 e. The molecule has 0 aromatic carbocycles. The number of Topliss-reactive ketones (excluding diaryl/α,β-unsaturated/α-hetero) is 1. The van der Waals surface area contributed by atoms with Crippen LogP contribution in [0.5, 0.6) is 0 Å². The normalized spacial score (nSPS) is 27.9. The number of hydrogen-bond acceptors (Lipinski definition) is 1. The SMILES string of the molecule is CCCCC1CCC(C)(C)C1=O. The first-order chi connectivity index (χ1) is 5.58. The molecule has 1 aliphatic carbocycles. The molecule has 0 saturated heterocycles. The molecule has 0 N–H and O–H groups in total. The van der Waals surface area contributed by atoms with Crippen LogP contribution in [0.4, 0.5) is 0 Å². The summed E-state index contributed by atoms with van der Waals surface area (Å²) in [5.74, 6) is 0.899. The monoisotopic (exact) mass is 168 g/mol. The number of hydrogen-bond donors (Lipinski definition) is 0. The number of carbonyl (C=O) groups is 1. The second-order valence-corrected chi connectivity index (χ2v) is 4.63. The minimum atomic E-state index is -0.0155. The van der Waals surface area contributed by atoms with Gasteiger partial charge in [-0.05, 0) is 19.3 Å². The summed E-state index contributed by atoms with van der Waals surface area (Å²) in [4.78, 5) is 11.7. The van der Waals surface area contributed by atoms with Gasteiger partial charge in [0.05, 0.1) is 0 Å². The Morgan fingerprint density at radius 3 is 2.58 bits per heavy atom. The molecule has 1 nitrogen and oxygen atoms in total. The zero-order chi connectivity index (χ0) is 9.19.